The van der Waals surface area contributed by atoms with Crippen molar-refractivity contribution in [2.24, 2.45) is 0 Å². The van der Waals surface area contributed by atoms with Gasteiger partial charge in [0.05, 0.1) is 5.84 Å². The summed E-state index contributed by atoms with van der Waals surface area (Å²) < 4.78 is 0. The molecule has 2 heteroatoms. The van der Waals surface area contributed by atoms with Crippen LogP contribution in [0.3, 0.4) is 0 Å². The molecule has 0 aromatic heterocycles. The van der Waals surface area contributed by atoms with Crippen molar-refractivity contribution in [3.8, 4) is 0 Å². The average molecular weight is 196 g/mol. The van der Waals surface area contributed by atoms with Crippen molar-refractivity contribution in [2.45, 2.75) is 64.8 Å². The number of rotatable bonds is 5. The van der Waals surface area contributed by atoms with Crippen LogP contribution in [0.5, 0.6) is 0 Å². The van der Waals surface area contributed by atoms with Gasteiger partial charge < -0.3 is 4.90 Å². The highest BCUT2D eigenvalue weighted by atomic mass is 15.2. The second-order valence-corrected chi connectivity index (χ2v) is 4.44. The standard InChI is InChI=1S/C12H24N2/c1-3-4-5-8-11(2)14-10-7-6-9-12(14)13/h11,13H,3-10H2,1-2H3. The molecule has 0 aliphatic carbocycles. The Labute approximate surface area is 88.2 Å². The lowest BCUT2D eigenvalue weighted by atomic mass is 10.0. The lowest BCUT2D eigenvalue weighted by Gasteiger charge is -2.34. The van der Waals surface area contributed by atoms with E-state index in [4.69, 9.17) is 5.41 Å². The number of nitrogens with one attached hydrogen (secondary N) is 1. The van der Waals surface area contributed by atoms with Gasteiger partial charge in [0.25, 0.3) is 0 Å². The van der Waals surface area contributed by atoms with Gasteiger partial charge in [-0.1, -0.05) is 26.2 Å². The molecular formula is C12H24N2. The Morgan fingerprint density at radius 1 is 1.36 bits per heavy atom. The van der Waals surface area contributed by atoms with Crippen molar-refractivity contribution < 1.29 is 0 Å². The number of unbranched alkanes of at least 4 members (excludes halogenated alkanes) is 2. The van der Waals surface area contributed by atoms with Gasteiger partial charge in [-0.15, -0.1) is 0 Å². The fraction of sp³-hybridized carbons (Fsp3) is 0.917. The van der Waals surface area contributed by atoms with Gasteiger partial charge in [-0.3, -0.25) is 5.41 Å². The highest BCUT2D eigenvalue weighted by Gasteiger charge is 2.19. The first-order valence-corrected chi connectivity index (χ1v) is 6.09. The molecule has 0 spiro atoms. The molecule has 0 bridgehead atoms. The van der Waals surface area contributed by atoms with Crippen LogP contribution in [0.15, 0.2) is 0 Å². The minimum Gasteiger partial charge on any atom is -0.358 e. The maximum atomic E-state index is 7.88. The van der Waals surface area contributed by atoms with Crippen LogP contribution in [-0.4, -0.2) is 23.3 Å². The van der Waals surface area contributed by atoms with E-state index >= 15 is 0 Å². The van der Waals surface area contributed by atoms with E-state index in [1.54, 1.807) is 0 Å². The van der Waals surface area contributed by atoms with E-state index in [-0.39, 0.29) is 0 Å². The molecule has 14 heavy (non-hydrogen) atoms. The van der Waals surface area contributed by atoms with Crippen molar-refractivity contribution in [1.29, 1.82) is 5.41 Å². The second-order valence-electron chi connectivity index (χ2n) is 4.44. The van der Waals surface area contributed by atoms with Crippen LogP contribution in [0.25, 0.3) is 0 Å². The van der Waals surface area contributed by atoms with E-state index in [1.807, 2.05) is 0 Å². The van der Waals surface area contributed by atoms with Crippen LogP contribution in [0.2, 0.25) is 0 Å². The summed E-state index contributed by atoms with van der Waals surface area (Å²) in [5, 5.41) is 7.88. The largest absolute Gasteiger partial charge is 0.358 e. The van der Waals surface area contributed by atoms with E-state index in [2.05, 4.69) is 18.7 Å². The predicted octanol–water partition coefficient (Wildman–Crippen LogP) is 3.42. The molecule has 1 fully saturated rings. The molecule has 1 aliphatic heterocycles. The molecule has 1 aliphatic rings. The first kappa shape index (κ1) is 11.5. The van der Waals surface area contributed by atoms with Gasteiger partial charge >= 0.3 is 0 Å². The lowest BCUT2D eigenvalue weighted by molar-refractivity contribution is 0.277. The Hall–Kier alpha value is -0.530. The topological polar surface area (TPSA) is 27.1 Å². The normalized spacial score (nSPS) is 19.9. The van der Waals surface area contributed by atoms with Crippen molar-refractivity contribution >= 4 is 5.84 Å². The van der Waals surface area contributed by atoms with Crippen LogP contribution >= 0.6 is 0 Å². The predicted molar refractivity (Wildman–Crippen MR) is 61.9 cm³/mol. The van der Waals surface area contributed by atoms with Gasteiger partial charge in [-0.2, -0.15) is 0 Å². The van der Waals surface area contributed by atoms with Gasteiger partial charge in [0, 0.05) is 19.0 Å². The second kappa shape index (κ2) is 6.05. The smallest absolute Gasteiger partial charge is 0.0960 e. The molecule has 1 heterocycles. The molecule has 1 atom stereocenters. The van der Waals surface area contributed by atoms with Crippen LogP contribution < -0.4 is 0 Å². The molecule has 0 amide bonds. The van der Waals surface area contributed by atoms with E-state index in [0.717, 1.165) is 18.8 Å². The summed E-state index contributed by atoms with van der Waals surface area (Å²) in [6.45, 7) is 5.63. The summed E-state index contributed by atoms with van der Waals surface area (Å²) >= 11 is 0. The third kappa shape index (κ3) is 3.32. The van der Waals surface area contributed by atoms with Crippen molar-refractivity contribution in [2.75, 3.05) is 6.54 Å². The first-order valence-electron chi connectivity index (χ1n) is 6.09. The molecule has 0 radical (unpaired) electrons. The summed E-state index contributed by atoms with van der Waals surface area (Å²) in [5.74, 6) is 0.875. The van der Waals surface area contributed by atoms with E-state index < -0.39 is 0 Å². The summed E-state index contributed by atoms with van der Waals surface area (Å²) in [4.78, 5) is 2.30. The Morgan fingerprint density at radius 3 is 2.79 bits per heavy atom. The van der Waals surface area contributed by atoms with E-state index in [9.17, 15) is 0 Å². The molecule has 0 saturated carbocycles. The van der Waals surface area contributed by atoms with Gasteiger partial charge in [-0.05, 0) is 26.2 Å². The van der Waals surface area contributed by atoms with Crippen LogP contribution in [0, 0.1) is 5.41 Å². The molecule has 82 valence electrons. The third-order valence-corrected chi connectivity index (χ3v) is 3.17. The van der Waals surface area contributed by atoms with Gasteiger partial charge in [-0.25, -0.2) is 0 Å². The molecule has 1 saturated heterocycles. The number of piperidine rings is 1. The first-order chi connectivity index (χ1) is 6.75. The Balaban J connectivity index is 2.27. The Kier molecular flexibility index (Phi) is 4.99. The third-order valence-electron chi connectivity index (χ3n) is 3.17. The Bertz CT molecular complexity index is 177. The number of amidine groups is 1. The zero-order valence-electron chi connectivity index (χ0n) is 9.68. The quantitative estimate of drug-likeness (QED) is 0.670. The molecule has 1 rings (SSSR count). The summed E-state index contributed by atoms with van der Waals surface area (Å²) in [6.07, 6.45) is 8.71. The lowest BCUT2D eigenvalue weighted by Crippen LogP contribution is -2.41. The summed E-state index contributed by atoms with van der Waals surface area (Å²) in [5.41, 5.74) is 0. The van der Waals surface area contributed by atoms with E-state index in [1.165, 1.54) is 38.5 Å². The number of hydrogen-bond acceptors (Lipinski definition) is 1. The maximum absolute atomic E-state index is 7.88. The van der Waals surface area contributed by atoms with Crippen molar-refractivity contribution in [3.05, 3.63) is 0 Å². The molecule has 0 aromatic carbocycles. The average Bonchev–Trinajstić information content (AvgIpc) is 2.18. The van der Waals surface area contributed by atoms with Gasteiger partial charge in [0.2, 0.25) is 0 Å². The molecule has 2 nitrogen and oxygen atoms in total. The van der Waals surface area contributed by atoms with E-state index in [0.29, 0.717) is 6.04 Å². The van der Waals surface area contributed by atoms with Gasteiger partial charge in [0.15, 0.2) is 0 Å². The Morgan fingerprint density at radius 2 is 2.14 bits per heavy atom. The van der Waals surface area contributed by atoms with Crippen molar-refractivity contribution in [1.82, 2.24) is 4.90 Å². The SMILES string of the molecule is CCCCCC(C)N1CCCCC1=N. The minimum absolute atomic E-state index is 0.592. The molecule has 1 unspecified atom stereocenters. The summed E-state index contributed by atoms with van der Waals surface area (Å²) in [7, 11) is 0. The van der Waals surface area contributed by atoms with Crippen LogP contribution in [-0.2, 0) is 0 Å². The molecule has 1 N–H and O–H groups in total. The van der Waals surface area contributed by atoms with Crippen LogP contribution in [0.1, 0.15) is 58.8 Å². The molecule has 0 aromatic rings. The fourth-order valence-corrected chi connectivity index (χ4v) is 2.19. The molecular weight excluding hydrogens is 172 g/mol. The van der Waals surface area contributed by atoms with Crippen molar-refractivity contribution in [3.63, 3.8) is 0 Å². The highest BCUT2D eigenvalue weighted by Crippen LogP contribution is 2.17. The zero-order chi connectivity index (χ0) is 10.4. The number of nitrogens with zero attached hydrogens (tertiary/aromatic N) is 1. The van der Waals surface area contributed by atoms with Crippen LogP contribution in [0.4, 0.5) is 0 Å². The number of likely N-dealkylation sites (tertiary alicyclic amines) is 1. The summed E-state index contributed by atoms with van der Waals surface area (Å²) in [6, 6.07) is 0.592. The fourth-order valence-electron chi connectivity index (χ4n) is 2.19. The van der Waals surface area contributed by atoms with Gasteiger partial charge in [0.1, 0.15) is 0 Å². The maximum Gasteiger partial charge on any atom is 0.0960 e. The minimum atomic E-state index is 0.592. The zero-order valence-corrected chi connectivity index (χ0v) is 9.68. The monoisotopic (exact) mass is 196 g/mol. The highest BCUT2D eigenvalue weighted by molar-refractivity contribution is 5.80. The number of hydrogen-bond donors (Lipinski definition) is 1.